The molecule has 0 fully saturated rings. The maximum Gasteiger partial charge on any atom is 0.405 e. The van der Waals surface area contributed by atoms with Crippen LogP contribution in [0.1, 0.15) is 75.3 Å². The van der Waals surface area contributed by atoms with Gasteiger partial charge in [0.05, 0.1) is 21.3 Å². The minimum Gasteiger partial charge on any atom is -0.379 e. The summed E-state index contributed by atoms with van der Waals surface area (Å²) >= 11 is 1.73. The van der Waals surface area contributed by atoms with Crippen LogP contribution < -0.4 is 5.32 Å². The Kier molecular flexibility index (Phi) is 14.6. The Labute approximate surface area is 329 Å². The van der Waals surface area contributed by atoms with Crippen molar-refractivity contribution in [1.29, 1.82) is 0 Å². The van der Waals surface area contributed by atoms with Crippen molar-refractivity contribution in [3.63, 3.8) is 0 Å². The first-order valence-corrected chi connectivity index (χ1v) is 19.1. The number of aliphatic imine (C=N–C) groups is 1. The second-order valence-corrected chi connectivity index (χ2v) is 14.6. The maximum atomic E-state index is 12.8. The summed E-state index contributed by atoms with van der Waals surface area (Å²) in [7, 11) is 0. The Morgan fingerprint density at radius 2 is 1.42 bits per heavy atom. The van der Waals surface area contributed by atoms with Crippen LogP contribution in [0.2, 0.25) is 0 Å². The number of allylic oxidation sites excluding steroid dienone is 2. The summed E-state index contributed by atoms with van der Waals surface area (Å²) in [5, 5.41) is 3.64. The zero-order valence-electron chi connectivity index (χ0n) is 31.7. The predicted molar refractivity (Wildman–Crippen MR) is 232 cm³/mol. The van der Waals surface area contributed by atoms with Crippen molar-refractivity contribution in [3.8, 4) is 21.7 Å². The lowest BCUT2D eigenvalue weighted by Crippen LogP contribution is -2.39. The number of hydrogen-bond donors (Lipinski definition) is 1. The Morgan fingerprint density at radius 1 is 0.836 bits per heavy atom. The number of aryl methyl sites for hydroxylation is 2. The average molecular weight is 760 g/mol. The molecule has 0 bridgehead atoms. The molecule has 55 heavy (non-hydrogen) atoms. The van der Waals surface area contributed by atoms with Crippen LogP contribution in [0.15, 0.2) is 139 Å². The molecule has 0 saturated carbocycles. The monoisotopic (exact) mass is 759 g/mol. The summed E-state index contributed by atoms with van der Waals surface area (Å²) < 4.78 is 39.5. The second kappa shape index (κ2) is 18.9. The van der Waals surface area contributed by atoms with E-state index in [9.17, 15) is 13.2 Å². The van der Waals surface area contributed by atoms with Gasteiger partial charge in [-0.05, 0) is 91.3 Å². The van der Waals surface area contributed by atoms with Crippen molar-refractivity contribution in [2.24, 2.45) is 4.99 Å². The number of para-hydroxylation sites is 1. The highest BCUT2D eigenvalue weighted by atomic mass is 32.1. The molecule has 0 atom stereocenters. The van der Waals surface area contributed by atoms with Gasteiger partial charge in [-0.3, -0.25) is 4.99 Å². The molecule has 3 nitrogen and oxygen atoms in total. The van der Waals surface area contributed by atoms with E-state index in [2.05, 4.69) is 92.8 Å². The van der Waals surface area contributed by atoms with Crippen molar-refractivity contribution in [2.75, 3.05) is 6.54 Å². The number of benzene rings is 5. The first-order valence-electron chi connectivity index (χ1n) is 18.3. The first kappa shape index (κ1) is 42.5. The van der Waals surface area contributed by atoms with Gasteiger partial charge in [0.15, 0.2) is 0 Å². The molecular weight excluding hydrogens is 708 g/mol. The van der Waals surface area contributed by atoms with E-state index in [1.165, 1.54) is 27.0 Å². The Morgan fingerprint density at radius 3 is 2.00 bits per heavy atom. The highest BCUT2D eigenvalue weighted by molar-refractivity contribution is 7.21. The Balaban J connectivity index is 0.000000196. The van der Waals surface area contributed by atoms with Crippen LogP contribution in [0.5, 0.6) is 0 Å². The fourth-order valence-electron chi connectivity index (χ4n) is 6.90. The molecule has 1 heterocycles. The smallest absolute Gasteiger partial charge is 0.379 e. The van der Waals surface area contributed by atoms with Crippen LogP contribution in [0, 0.1) is 13.8 Å². The van der Waals surface area contributed by atoms with E-state index < -0.39 is 18.1 Å². The van der Waals surface area contributed by atoms with E-state index >= 15 is 0 Å². The molecule has 1 aliphatic carbocycles. The van der Waals surface area contributed by atoms with E-state index in [0.717, 1.165) is 63.3 Å². The number of aromatic nitrogens is 1. The molecule has 1 N–H and O–H groups in total. The number of rotatable bonds is 9. The van der Waals surface area contributed by atoms with Crippen LogP contribution >= 0.6 is 11.3 Å². The molecule has 286 valence electrons. The molecule has 1 aliphatic rings. The summed E-state index contributed by atoms with van der Waals surface area (Å²) in [6.07, 6.45) is 0.170. The highest BCUT2D eigenvalue weighted by Gasteiger charge is 2.45. The highest BCUT2D eigenvalue weighted by Crippen LogP contribution is 2.54. The SMILES string of the molecule is C.C=C(C)c1ccccc1-c1nc2ccccc2s1.C=C(NCC(F)(F)F)C1(CCCC)c2ccccc2-c2ccccc21.CC=Nc1cc(C)ccc1C. The van der Waals surface area contributed by atoms with E-state index in [1.807, 2.05) is 86.8 Å². The number of alkyl halides is 3. The third-order valence-corrected chi connectivity index (χ3v) is 10.6. The van der Waals surface area contributed by atoms with Crippen LogP contribution in [-0.4, -0.2) is 23.9 Å². The minimum absolute atomic E-state index is 0. The standard InChI is InChI=1S/C21H22F3N.C16H13NS.C10H13N.CH4/c1-3-4-13-20(15(2)25-14-21(22,23)24)18-11-7-5-9-16(18)17-10-6-8-12-19(17)20;1-11(2)12-7-3-4-8-13(12)16-17-14-9-5-6-10-15(14)18-16;1-4-11-10-7-8(2)5-6-9(10)3;/h5-12,25H,2-4,13-14H2,1H3;3-10H,1H2,2H3;4-7H,1-3H3;1H4. The Bertz CT molecular complexity index is 2180. The molecule has 0 radical (unpaired) electrons. The van der Waals surface area contributed by atoms with Crippen LogP contribution in [-0.2, 0) is 5.41 Å². The van der Waals surface area contributed by atoms with Crippen molar-refractivity contribution < 1.29 is 13.2 Å². The van der Waals surface area contributed by atoms with Gasteiger partial charge in [0, 0.05) is 17.5 Å². The van der Waals surface area contributed by atoms with Crippen molar-refractivity contribution in [3.05, 3.63) is 162 Å². The van der Waals surface area contributed by atoms with E-state index in [1.54, 1.807) is 11.3 Å². The average Bonchev–Trinajstić information content (AvgIpc) is 3.73. The molecule has 0 spiro atoms. The third kappa shape index (κ3) is 9.89. The molecule has 1 aromatic heterocycles. The van der Waals surface area contributed by atoms with Gasteiger partial charge in [-0.1, -0.05) is 143 Å². The molecule has 0 amide bonds. The van der Waals surface area contributed by atoms with E-state index in [4.69, 9.17) is 4.98 Å². The van der Waals surface area contributed by atoms with Gasteiger partial charge >= 0.3 is 6.18 Å². The van der Waals surface area contributed by atoms with Crippen LogP contribution in [0.3, 0.4) is 0 Å². The number of unbranched alkanes of at least 4 members (excludes halogenated alkanes) is 1. The van der Waals surface area contributed by atoms with Gasteiger partial charge in [0.2, 0.25) is 0 Å². The summed E-state index contributed by atoms with van der Waals surface area (Å²) in [6.45, 7) is 17.2. The summed E-state index contributed by atoms with van der Waals surface area (Å²) in [6, 6.07) is 38.8. The maximum absolute atomic E-state index is 12.8. The fraction of sp³-hybridized carbons (Fsp3) is 0.250. The van der Waals surface area contributed by atoms with Crippen LogP contribution in [0.4, 0.5) is 18.9 Å². The molecule has 5 aromatic carbocycles. The number of halogens is 3. The number of nitrogens with one attached hydrogen (secondary N) is 1. The summed E-state index contributed by atoms with van der Waals surface area (Å²) in [5.74, 6) is 0. The third-order valence-electron chi connectivity index (χ3n) is 9.53. The topological polar surface area (TPSA) is 37.3 Å². The lowest BCUT2D eigenvalue weighted by Gasteiger charge is -2.35. The molecule has 7 rings (SSSR count). The quantitative estimate of drug-likeness (QED) is 0.149. The molecule has 0 saturated heterocycles. The molecular formula is C48H52F3N3S. The number of hydrogen-bond acceptors (Lipinski definition) is 4. The van der Waals surface area contributed by atoms with Gasteiger partial charge in [-0.15, -0.1) is 11.3 Å². The van der Waals surface area contributed by atoms with Gasteiger partial charge < -0.3 is 5.32 Å². The predicted octanol–water partition coefficient (Wildman–Crippen LogP) is 14.5. The van der Waals surface area contributed by atoms with E-state index in [-0.39, 0.29) is 7.43 Å². The molecule has 7 heteroatoms. The van der Waals surface area contributed by atoms with Crippen molar-refractivity contribution in [2.45, 2.75) is 72.9 Å². The lowest BCUT2D eigenvalue weighted by molar-refractivity contribution is -0.123. The largest absolute Gasteiger partial charge is 0.405 e. The van der Waals surface area contributed by atoms with Crippen LogP contribution in [0.25, 0.3) is 37.5 Å². The summed E-state index contributed by atoms with van der Waals surface area (Å²) in [4.78, 5) is 8.95. The van der Waals surface area contributed by atoms with Gasteiger partial charge in [0.1, 0.15) is 11.6 Å². The number of thiazole rings is 1. The molecule has 6 aromatic rings. The van der Waals surface area contributed by atoms with Crippen molar-refractivity contribution >= 4 is 39.0 Å². The van der Waals surface area contributed by atoms with Gasteiger partial charge in [-0.25, -0.2) is 4.98 Å². The number of nitrogens with zero attached hydrogens (tertiary/aromatic N) is 2. The Hall–Kier alpha value is -5.27. The zero-order valence-corrected chi connectivity index (χ0v) is 32.5. The van der Waals surface area contributed by atoms with Gasteiger partial charge in [-0.2, -0.15) is 13.2 Å². The first-order chi connectivity index (χ1) is 25.9. The fourth-order valence-corrected chi connectivity index (χ4v) is 7.90. The second-order valence-electron chi connectivity index (χ2n) is 13.5. The lowest BCUT2D eigenvalue weighted by atomic mass is 9.72. The zero-order chi connectivity index (χ0) is 38.9. The normalized spacial score (nSPS) is 12.4. The van der Waals surface area contributed by atoms with E-state index in [0.29, 0.717) is 5.70 Å². The summed E-state index contributed by atoms with van der Waals surface area (Å²) in [5.41, 5.74) is 12.1. The van der Waals surface area contributed by atoms with Crippen molar-refractivity contribution in [1.82, 2.24) is 10.3 Å². The van der Waals surface area contributed by atoms with Gasteiger partial charge in [0.25, 0.3) is 0 Å². The number of fused-ring (bicyclic) bond motifs is 4. The molecule has 0 aliphatic heterocycles. The minimum atomic E-state index is -4.27. The molecule has 0 unspecified atom stereocenters.